The molecule has 0 saturated carbocycles. The standard InChI is InChI=1S/C22H20N2O/c1-15-5-3-7-18(13-15)22-23-20-8-4-6-17(21(20)24-22)14-16-9-11-19(25-2)12-10-16/h3-13H,14H2,1-2H3,(H,23,24). The molecule has 0 aliphatic rings. The number of imidazole rings is 1. The average Bonchev–Trinajstić information content (AvgIpc) is 3.08. The highest BCUT2D eigenvalue weighted by molar-refractivity contribution is 5.82. The van der Waals surface area contributed by atoms with Gasteiger partial charge in [-0.05, 0) is 48.7 Å². The molecule has 0 bridgehead atoms. The molecule has 124 valence electrons. The van der Waals surface area contributed by atoms with Gasteiger partial charge >= 0.3 is 0 Å². The van der Waals surface area contributed by atoms with Crippen LogP contribution >= 0.6 is 0 Å². The fourth-order valence-electron chi connectivity index (χ4n) is 3.13. The number of rotatable bonds is 4. The normalized spacial score (nSPS) is 11.0. The summed E-state index contributed by atoms with van der Waals surface area (Å²) in [6.45, 7) is 2.10. The monoisotopic (exact) mass is 328 g/mol. The van der Waals surface area contributed by atoms with Gasteiger partial charge in [0.15, 0.2) is 0 Å². The summed E-state index contributed by atoms with van der Waals surface area (Å²) in [6, 6.07) is 22.9. The number of fused-ring (bicyclic) bond motifs is 1. The maximum Gasteiger partial charge on any atom is 0.138 e. The van der Waals surface area contributed by atoms with Gasteiger partial charge in [-0.3, -0.25) is 0 Å². The first-order valence-electron chi connectivity index (χ1n) is 8.40. The Morgan fingerprint density at radius 2 is 1.76 bits per heavy atom. The molecule has 4 aromatic rings. The van der Waals surface area contributed by atoms with Crippen LogP contribution in [-0.4, -0.2) is 17.1 Å². The van der Waals surface area contributed by atoms with E-state index >= 15 is 0 Å². The highest BCUT2D eigenvalue weighted by Crippen LogP contribution is 2.25. The zero-order valence-electron chi connectivity index (χ0n) is 14.4. The molecule has 0 saturated heterocycles. The fraction of sp³-hybridized carbons (Fsp3) is 0.136. The van der Waals surface area contributed by atoms with Gasteiger partial charge in [-0.1, -0.05) is 48.0 Å². The zero-order valence-corrected chi connectivity index (χ0v) is 14.4. The number of H-pyrrole nitrogens is 1. The lowest BCUT2D eigenvalue weighted by Gasteiger charge is -2.04. The predicted octanol–water partition coefficient (Wildman–Crippen LogP) is 5.14. The molecule has 0 aliphatic heterocycles. The number of nitrogens with one attached hydrogen (secondary N) is 1. The second kappa shape index (κ2) is 6.44. The molecule has 3 nitrogen and oxygen atoms in total. The van der Waals surface area contributed by atoms with Crippen LogP contribution in [0.4, 0.5) is 0 Å². The summed E-state index contributed by atoms with van der Waals surface area (Å²) in [5.41, 5.74) is 6.92. The number of methoxy groups -OCH3 is 1. The number of ether oxygens (including phenoxy) is 1. The van der Waals surface area contributed by atoms with Crippen molar-refractivity contribution in [3.63, 3.8) is 0 Å². The van der Waals surface area contributed by atoms with Crippen molar-refractivity contribution in [2.75, 3.05) is 7.11 Å². The quantitative estimate of drug-likeness (QED) is 0.563. The molecular weight excluding hydrogens is 308 g/mol. The molecule has 1 heterocycles. The molecule has 25 heavy (non-hydrogen) atoms. The molecule has 4 rings (SSSR count). The Morgan fingerprint density at radius 3 is 2.52 bits per heavy atom. The Labute approximate surface area is 147 Å². The average molecular weight is 328 g/mol. The van der Waals surface area contributed by atoms with E-state index in [-0.39, 0.29) is 0 Å². The number of aromatic amines is 1. The van der Waals surface area contributed by atoms with E-state index in [1.165, 1.54) is 16.7 Å². The van der Waals surface area contributed by atoms with Crippen molar-refractivity contribution < 1.29 is 4.74 Å². The molecule has 1 aromatic heterocycles. The van der Waals surface area contributed by atoms with Gasteiger partial charge in [0, 0.05) is 5.56 Å². The fourth-order valence-corrected chi connectivity index (χ4v) is 3.13. The molecule has 3 heteroatoms. The lowest BCUT2D eigenvalue weighted by molar-refractivity contribution is 0.414. The van der Waals surface area contributed by atoms with Crippen LogP contribution in [0.5, 0.6) is 5.75 Å². The van der Waals surface area contributed by atoms with Crippen LogP contribution in [0.2, 0.25) is 0 Å². The molecule has 0 aliphatic carbocycles. The van der Waals surface area contributed by atoms with Crippen LogP contribution in [0.15, 0.2) is 66.7 Å². The number of para-hydroxylation sites is 1. The Hall–Kier alpha value is -3.07. The third kappa shape index (κ3) is 3.13. The zero-order chi connectivity index (χ0) is 17.2. The molecule has 0 spiro atoms. The largest absolute Gasteiger partial charge is 0.497 e. The summed E-state index contributed by atoms with van der Waals surface area (Å²) in [6.07, 6.45) is 0.847. The minimum Gasteiger partial charge on any atom is -0.497 e. The first kappa shape index (κ1) is 15.5. The first-order chi connectivity index (χ1) is 12.2. The van der Waals surface area contributed by atoms with Crippen LogP contribution in [-0.2, 0) is 6.42 Å². The highest BCUT2D eigenvalue weighted by Gasteiger charge is 2.09. The number of nitrogens with zero attached hydrogens (tertiary/aromatic N) is 1. The number of aromatic nitrogens is 2. The molecule has 3 aromatic carbocycles. The Morgan fingerprint density at radius 1 is 0.960 bits per heavy atom. The lowest BCUT2D eigenvalue weighted by atomic mass is 10.0. The number of aryl methyl sites for hydroxylation is 1. The second-order valence-electron chi connectivity index (χ2n) is 6.29. The van der Waals surface area contributed by atoms with Crippen molar-refractivity contribution in [1.82, 2.24) is 9.97 Å². The van der Waals surface area contributed by atoms with Crippen LogP contribution in [0.1, 0.15) is 16.7 Å². The number of hydrogen-bond donors (Lipinski definition) is 1. The molecule has 0 amide bonds. The van der Waals surface area contributed by atoms with Gasteiger partial charge in [0.05, 0.1) is 18.1 Å². The maximum atomic E-state index is 5.23. The van der Waals surface area contributed by atoms with Crippen LogP contribution in [0, 0.1) is 6.92 Å². The topological polar surface area (TPSA) is 37.9 Å². The van der Waals surface area contributed by atoms with Crippen LogP contribution < -0.4 is 4.74 Å². The van der Waals surface area contributed by atoms with Crippen molar-refractivity contribution >= 4 is 11.0 Å². The van der Waals surface area contributed by atoms with E-state index in [1.54, 1.807) is 7.11 Å². The third-order valence-corrected chi connectivity index (χ3v) is 4.44. The molecule has 1 N–H and O–H groups in total. The van der Waals surface area contributed by atoms with Gasteiger partial charge in [-0.25, -0.2) is 4.98 Å². The lowest BCUT2D eigenvalue weighted by Crippen LogP contribution is -1.90. The Bertz CT molecular complexity index is 1020. The summed E-state index contributed by atoms with van der Waals surface area (Å²) in [4.78, 5) is 8.33. The highest BCUT2D eigenvalue weighted by atomic mass is 16.5. The SMILES string of the molecule is COc1ccc(Cc2cccc3[nH]c(-c4cccc(C)c4)nc23)cc1. The van der Waals surface area contributed by atoms with Gasteiger partial charge in [-0.2, -0.15) is 0 Å². The summed E-state index contributed by atoms with van der Waals surface area (Å²) in [5.74, 6) is 1.80. The van der Waals surface area contributed by atoms with E-state index in [4.69, 9.17) is 9.72 Å². The maximum absolute atomic E-state index is 5.23. The summed E-state index contributed by atoms with van der Waals surface area (Å²) in [5, 5.41) is 0. The van der Waals surface area contributed by atoms with Gasteiger partial charge in [0.2, 0.25) is 0 Å². The smallest absolute Gasteiger partial charge is 0.138 e. The van der Waals surface area contributed by atoms with Gasteiger partial charge in [-0.15, -0.1) is 0 Å². The Balaban J connectivity index is 1.72. The van der Waals surface area contributed by atoms with E-state index in [0.717, 1.165) is 34.6 Å². The molecule has 0 unspecified atom stereocenters. The van der Waals surface area contributed by atoms with E-state index < -0.39 is 0 Å². The number of hydrogen-bond acceptors (Lipinski definition) is 2. The van der Waals surface area contributed by atoms with Crippen LogP contribution in [0.3, 0.4) is 0 Å². The number of benzene rings is 3. The van der Waals surface area contributed by atoms with E-state index in [9.17, 15) is 0 Å². The third-order valence-electron chi connectivity index (χ3n) is 4.44. The van der Waals surface area contributed by atoms with E-state index in [1.807, 2.05) is 12.1 Å². The van der Waals surface area contributed by atoms with Crippen LogP contribution in [0.25, 0.3) is 22.4 Å². The van der Waals surface area contributed by atoms with Crippen molar-refractivity contribution in [3.8, 4) is 17.1 Å². The van der Waals surface area contributed by atoms with E-state index in [2.05, 4.69) is 66.5 Å². The van der Waals surface area contributed by atoms with E-state index in [0.29, 0.717) is 0 Å². The minimum atomic E-state index is 0.847. The van der Waals surface area contributed by atoms with Crippen molar-refractivity contribution in [3.05, 3.63) is 83.4 Å². The summed E-state index contributed by atoms with van der Waals surface area (Å²) >= 11 is 0. The van der Waals surface area contributed by atoms with Gasteiger partial charge < -0.3 is 9.72 Å². The second-order valence-corrected chi connectivity index (χ2v) is 6.29. The molecule has 0 atom stereocenters. The molecule has 0 fully saturated rings. The van der Waals surface area contributed by atoms with Gasteiger partial charge in [0.1, 0.15) is 11.6 Å². The summed E-state index contributed by atoms with van der Waals surface area (Å²) in [7, 11) is 1.69. The van der Waals surface area contributed by atoms with Gasteiger partial charge in [0.25, 0.3) is 0 Å². The Kier molecular flexibility index (Phi) is 3.98. The van der Waals surface area contributed by atoms with Crippen molar-refractivity contribution in [1.29, 1.82) is 0 Å². The molecular formula is C22H20N2O. The predicted molar refractivity (Wildman–Crippen MR) is 102 cm³/mol. The van der Waals surface area contributed by atoms with Crippen molar-refractivity contribution in [2.24, 2.45) is 0 Å². The molecule has 0 radical (unpaired) electrons. The first-order valence-corrected chi connectivity index (χ1v) is 8.40. The summed E-state index contributed by atoms with van der Waals surface area (Å²) < 4.78 is 5.23. The minimum absolute atomic E-state index is 0.847. The van der Waals surface area contributed by atoms with Crippen molar-refractivity contribution in [2.45, 2.75) is 13.3 Å².